The fourth-order valence-corrected chi connectivity index (χ4v) is 2.96. The zero-order chi connectivity index (χ0) is 17.2. The van der Waals surface area contributed by atoms with Gasteiger partial charge in [-0.25, -0.2) is 4.79 Å². The molecule has 0 spiro atoms. The van der Waals surface area contributed by atoms with Crippen LogP contribution < -0.4 is 0 Å². The SMILES string of the molecule is C=CC(=O)OC(CCCCC)CCCCCCCCCCCC. The predicted octanol–water partition coefficient (Wildman–Crippen LogP) is 6.98. The van der Waals surface area contributed by atoms with E-state index in [2.05, 4.69) is 20.4 Å². The maximum Gasteiger partial charge on any atom is 0.330 e. The number of rotatable bonds is 17. The number of esters is 1. The van der Waals surface area contributed by atoms with E-state index in [4.69, 9.17) is 4.74 Å². The van der Waals surface area contributed by atoms with E-state index in [1.807, 2.05) is 0 Å². The summed E-state index contributed by atoms with van der Waals surface area (Å²) in [5.74, 6) is -0.265. The molecule has 2 heteroatoms. The topological polar surface area (TPSA) is 26.3 Å². The molecule has 0 aromatic heterocycles. The Kier molecular flexibility index (Phi) is 17.0. The standard InChI is InChI=1S/C21H40O2/c1-4-7-9-10-11-12-13-14-15-17-19-20(18-16-8-5-2)23-21(22)6-3/h6,20H,3-5,7-19H2,1-2H3. The van der Waals surface area contributed by atoms with Crippen molar-refractivity contribution in [1.29, 1.82) is 0 Å². The smallest absolute Gasteiger partial charge is 0.330 e. The van der Waals surface area contributed by atoms with Crippen LogP contribution in [-0.4, -0.2) is 12.1 Å². The zero-order valence-electron chi connectivity index (χ0n) is 15.8. The molecule has 0 N–H and O–H groups in total. The van der Waals surface area contributed by atoms with E-state index in [0.717, 1.165) is 19.3 Å². The predicted molar refractivity (Wildman–Crippen MR) is 101 cm³/mol. The monoisotopic (exact) mass is 324 g/mol. The summed E-state index contributed by atoms with van der Waals surface area (Å²) < 4.78 is 5.47. The molecule has 0 heterocycles. The van der Waals surface area contributed by atoms with Crippen molar-refractivity contribution < 1.29 is 9.53 Å². The molecule has 0 aliphatic carbocycles. The lowest BCUT2D eigenvalue weighted by Crippen LogP contribution is -2.16. The van der Waals surface area contributed by atoms with Gasteiger partial charge in [0, 0.05) is 6.08 Å². The highest BCUT2D eigenvalue weighted by Crippen LogP contribution is 2.16. The molecule has 0 aromatic carbocycles. The van der Waals surface area contributed by atoms with Crippen molar-refractivity contribution in [3.05, 3.63) is 12.7 Å². The zero-order valence-corrected chi connectivity index (χ0v) is 15.8. The molecule has 23 heavy (non-hydrogen) atoms. The van der Waals surface area contributed by atoms with Gasteiger partial charge < -0.3 is 4.74 Å². The first-order valence-corrected chi connectivity index (χ1v) is 10.1. The van der Waals surface area contributed by atoms with E-state index < -0.39 is 0 Å². The van der Waals surface area contributed by atoms with Gasteiger partial charge in [-0.2, -0.15) is 0 Å². The van der Waals surface area contributed by atoms with Gasteiger partial charge in [-0.15, -0.1) is 0 Å². The molecule has 0 saturated carbocycles. The van der Waals surface area contributed by atoms with Crippen molar-refractivity contribution in [3.8, 4) is 0 Å². The number of ether oxygens (including phenoxy) is 1. The average molecular weight is 325 g/mol. The molecule has 0 amide bonds. The Bertz CT molecular complexity index is 273. The first kappa shape index (κ1) is 22.2. The van der Waals surface area contributed by atoms with Crippen LogP contribution in [0.5, 0.6) is 0 Å². The Morgan fingerprint density at radius 1 is 0.783 bits per heavy atom. The van der Waals surface area contributed by atoms with Crippen molar-refractivity contribution in [3.63, 3.8) is 0 Å². The first-order valence-electron chi connectivity index (χ1n) is 10.1. The van der Waals surface area contributed by atoms with Crippen molar-refractivity contribution in [2.45, 2.75) is 116 Å². The van der Waals surface area contributed by atoms with Gasteiger partial charge in [-0.3, -0.25) is 0 Å². The molecule has 0 aliphatic rings. The number of carbonyl (C=O) groups is 1. The molecule has 0 radical (unpaired) electrons. The van der Waals surface area contributed by atoms with E-state index in [-0.39, 0.29) is 12.1 Å². The number of carbonyl (C=O) groups excluding carboxylic acids is 1. The van der Waals surface area contributed by atoms with E-state index in [0.29, 0.717) is 0 Å². The maximum atomic E-state index is 11.4. The summed E-state index contributed by atoms with van der Waals surface area (Å²) in [6.45, 7) is 7.96. The van der Waals surface area contributed by atoms with Crippen LogP contribution in [0.1, 0.15) is 110 Å². The second kappa shape index (κ2) is 17.6. The minimum absolute atomic E-state index is 0.0982. The molecule has 136 valence electrons. The average Bonchev–Trinajstić information content (AvgIpc) is 2.56. The molecule has 0 aliphatic heterocycles. The fourth-order valence-electron chi connectivity index (χ4n) is 2.96. The van der Waals surface area contributed by atoms with Gasteiger partial charge >= 0.3 is 5.97 Å². The van der Waals surface area contributed by atoms with Gasteiger partial charge in [0.05, 0.1) is 0 Å². The lowest BCUT2D eigenvalue weighted by molar-refractivity contribution is -0.143. The normalized spacial score (nSPS) is 12.1. The highest BCUT2D eigenvalue weighted by Gasteiger charge is 2.12. The molecule has 1 unspecified atom stereocenters. The van der Waals surface area contributed by atoms with Gasteiger partial charge in [0.1, 0.15) is 6.10 Å². The highest BCUT2D eigenvalue weighted by atomic mass is 16.5. The Hall–Kier alpha value is -0.790. The van der Waals surface area contributed by atoms with Gasteiger partial charge in [0.15, 0.2) is 0 Å². The Balaban J connectivity index is 3.60. The van der Waals surface area contributed by atoms with Crippen LogP contribution in [0, 0.1) is 0 Å². The maximum absolute atomic E-state index is 11.4. The Morgan fingerprint density at radius 3 is 1.65 bits per heavy atom. The summed E-state index contributed by atoms with van der Waals surface area (Å²) in [6.07, 6.45) is 20.4. The number of hydrogen-bond donors (Lipinski definition) is 0. The number of hydrogen-bond acceptors (Lipinski definition) is 2. The van der Waals surface area contributed by atoms with Crippen LogP contribution in [0.15, 0.2) is 12.7 Å². The molecule has 0 rings (SSSR count). The number of unbranched alkanes of at least 4 members (excludes halogenated alkanes) is 11. The van der Waals surface area contributed by atoms with Gasteiger partial charge in [0.2, 0.25) is 0 Å². The van der Waals surface area contributed by atoms with Crippen molar-refractivity contribution >= 4 is 5.97 Å². The molecular formula is C21H40O2. The molecule has 1 atom stereocenters. The van der Waals surface area contributed by atoms with Crippen molar-refractivity contribution in [2.24, 2.45) is 0 Å². The molecule has 0 saturated heterocycles. The van der Waals surface area contributed by atoms with E-state index in [9.17, 15) is 4.79 Å². The van der Waals surface area contributed by atoms with E-state index in [1.165, 1.54) is 83.1 Å². The molecule has 0 fully saturated rings. The third-order valence-corrected chi connectivity index (χ3v) is 4.46. The highest BCUT2D eigenvalue weighted by molar-refractivity contribution is 5.81. The summed E-state index contributed by atoms with van der Waals surface area (Å²) in [5.41, 5.74) is 0. The first-order chi connectivity index (χ1) is 11.2. The second-order valence-electron chi connectivity index (χ2n) is 6.73. The third-order valence-electron chi connectivity index (χ3n) is 4.46. The summed E-state index contributed by atoms with van der Waals surface area (Å²) >= 11 is 0. The van der Waals surface area contributed by atoms with Crippen LogP contribution in [0.25, 0.3) is 0 Å². The van der Waals surface area contributed by atoms with Gasteiger partial charge in [0.25, 0.3) is 0 Å². The summed E-state index contributed by atoms with van der Waals surface area (Å²) in [7, 11) is 0. The van der Waals surface area contributed by atoms with Crippen LogP contribution in [0.2, 0.25) is 0 Å². The Morgan fingerprint density at radius 2 is 1.17 bits per heavy atom. The van der Waals surface area contributed by atoms with E-state index in [1.54, 1.807) is 0 Å². The lowest BCUT2D eigenvalue weighted by Gasteiger charge is -2.17. The van der Waals surface area contributed by atoms with Crippen molar-refractivity contribution in [2.75, 3.05) is 0 Å². The van der Waals surface area contributed by atoms with Crippen molar-refractivity contribution in [1.82, 2.24) is 0 Å². The van der Waals surface area contributed by atoms with Crippen LogP contribution in [0.4, 0.5) is 0 Å². The molecular weight excluding hydrogens is 284 g/mol. The van der Waals surface area contributed by atoms with Crippen LogP contribution in [0.3, 0.4) is 0 Å². The van der Waals surface area contributed by atoms with Crippen LogP contribution >= 0.6 is 0 Å². The quantitative estimate of drug-likeness (QED) is 0.164. The molecule has 0 aromatic rings. The summed E-state index contributed by atoms with van der Waals surface area (Å²) in [5, 5.41) is 0. The molecule has 2 nitrogen and oxygen atoms in total. The lowest BCUT2D eigenvalue weighted by atomic mass is 10.0. The van der Waals surface area contributed by atoms with Crippen LogP contribution in [-0.2, 0) is 9.53 Å². The summed E-state index contributed by atoms with van der Waals surface area (Å²) in [6, 6.07) is 0. The minimum atomic E-state index is -0.265. The summed E-state index contributed by atoms with van der Waals surface area (Å²) in [4.78, 5) is 11.4. The Labute approximate surface area is 145 Å². The largest absolute Gasteiger partial charge is 0.459 e. The third kappa shape index (κ3) is 15.9. The van der Waals surface area contributed by atoms with Gasteiger partial charge in [-0.1, -0.05) is 91.1 Å². The minimum Gasteiger partial charge on any atom is -0.459 e. The molecule has 0 bridgehead atoms. The van der Waals surface area contributed by atoms with E-state index >= 15 is 0 Å². The fraction of sp³-hybridized carbons (Fsp3) is 0.857. The van der Waals surface area contributed by atoms with Gasteiger partial charge in [-0.05, 0) is 25.7 Å². The second-order valence-corrected chi connectivity index (χ2v) is 6.73.